The second kappa shape index (κ2) is 7.65. The average molecular weight is 246 g/mol. The van der Waals surface area contributed by atoms with Crippen LogP contribution in [-0.4, -0.2) is 37.2 Å². The van der Waals surface area contributed by atoms with Crippen LogP contribution in [-0.2, 0) is 28.6 Å². The number of carbonyl (C=O) groups is 3. The zero-order chi connectivity index (χ0) is 13.4. The van der Waals surface area contributed by atoms with Gasteiger partial charge < -0.3 is 14.2 Å². The summed E-state index contributed by atoms with van der Waals surface area (Å²) in [5.41, 5.74) is 0. The predicted octanol–water partition coefficient (Wildman–Crippen LogP) is 0.680. The van der Waals surface area contributed by atoms with E-state index >= 15 is 0 Å². The highest BCUT2D eigenvalue weighted by Gasteiger charge is 2.22. The van der Waals surface area contributed by atoms with Gasteiger partial charge in [0.05, 0.1) is 6.61 Å². The molecular formula is C11H18O6. The molecule has 17 heavy (non-hydrogen) atoms. The Morgan fingerprint density at radius 3 is 1.76 bits per heavy atom. The molecule has 0 aromatic heterocycles. The molecule has 0 unspecified atom stereocenters. The molecule has 0 amide bonds. The van der Waals surface area contributed by atoms with Gasteiger partial charge in [-0.15, -0.1) is 0 Å². The lowest BCUT2D eigenvalue weighted by Gasteiger charge is -2.22. The van der Waals surface area contributed by atoms with Gasteiger partial charge in [0.2, 0.25) is 0 Å². The first kappa shape index (κ1) is 15.4. The summed E-state index contributed by atoms with van der Waals surface area (Å²) in [7, 11) is 0. The first-order chi connectivity index (χ1) is 7.82. The largest absolute Gasteiger partial charge is 0.465 e. The van der Waals surface area contributed by atoms with Crippen molar-refractivity contribution in [2.75, 3.05) is 13.2 Å². The predicted molar refractivity (Wildman–Crippen MR) is 58.0 cm³/mol. The fraction of sp³-hybridized carbons (Fsp3) is 0.727. The Balaban J connectivity index is 4.27. The van der Waals surface area contributed by atoms with Crippen LogP contribution in [0.1, 0.15) is 27.7 Å². The molecule has 2 atom stereocenters. The normalized spacial score (nSPS) is 13.4. The van der Waals surface area contributed by atoms with Gasteiger partial charge in [-0.05, 0) is 0 Å². The van der Waals surface area contributed by atoms with Crippen LogP contribution in [0.15, 0.2) is 0 Å². The van der Waals surface area contributed by atoms with Crippen molar-refractivity contribution >= 4 is 17.9 Å². The zero-order valence-corrected chi connectivity index (χ0v) is 10.5. The van der Waals surface area contributed by atoms with Crippen LogP contribution in [0.3, 0.4) is 0 Å². The molecule has 0 N–H and O–H groups in total. The van der Waals surface area contributed by atoms with Crippen LogP contribution in [0.25, 0.3) is 0 Å². The third-order valence-corrected chi connectivity index (χ3v) is 1.95. The second-order valence-corrected chi connectivity index (χ2v) is 3.73. The minimum absolute atomic E-state index is 0.0443. The molecule has 0 radical (unpaired) electrons. The number of rotatable bonds is 6. The first-order valence-electron chi connectivity index (χ1n) is 5.26. The Morgan fingerprint density at radius 2 is 1.35 bits per heavy atom. The molecule has 0 aliphatic heterocycles. The van der Waals surface area contributed by atoms with E-state index < -0.39 is 24.0 Å². The number of hydrogen-bond donors (Lipinski definition) is 0. The highest BCUT2D eigenvalue weighted by Crippen LogP contribution is 2.10. The van der Waals surface area contributed by atoms with Crippen molar-refractivity contribution < 1.29 is 28.6 Å². The van der Waals surface area contributed by atoms with Crippen LogP contribution in [0.2, 0.25) is 0 Å². The number of esters is 3. The molecule has 6 nitrogen and oxygen atoms in total. The Labute approximate surface area is 100 Å². The molecule has 0 aromatic rings. The van der Waals surface area contributed by atoms with E-state index in [1.165, 1.54) is 20.8 Å². The lowest BCUT2D eigenvalue weighted by Crippen LogP contribution is -2.33. The molecule has 0 spiro atoms. The highest BCUT2D eigenvalue weighted by molar-refractivity contribution is 5.67. The Kier molecular flexibility index (Phi) is 6.93. The third-order valence-electron chi connectivity index (χ3n) is 1.95. The molecule has 0 aliphatic carbocycles. The van der Waals surface area contributed by atoms with Gasteiger partial charge in [-0.3, -0.25) is 14.4 Å². The van der Waals surface area contributed by atoms with Crippen molar-refractivity contribution in [3.8, 4) is 0 Å². The smallest absolute Gasteiger partial charge is 0.303 e. The van der Waals surface area contributed by atoms with Gasteiger partial charge in [-0.2, -0.15) is 0 Å². The van der Waals surface area contributed by atoms with E-state index in [1.807, 2.05) is 0 Å². The summed E-state index contributed by atoms with van der Waals surface area (Å²) >= 11 is 0. The second-order valence-electron chi connectivity index (χ2n) is 3.73. The molecule has 98 valence electrons. The van der Waals surface area contributed by atoms with E-state index in [9.17, 15) is 14.4 Å². The fourth-order valence-corrected chi connectivity index (χ4v) is 1.08. The maximum Gasteiger partial charge on any atom is 0.303 e. The lowest BCUT2D eigenvalue weighted by molar-refractivity contribution is -0.162. The quantitative estimate of drug-likeness (QED) is 0.506. The highest BCUT2D eigenvalue weighted by atomic mass is 16.6. The van der Waals surface area contributed by atoms with Gasteiger partial charge in [0.15, 0.2) is 0 Å². The number of hydrogen-bond acceptors (Lipinski definition) is 6. The third kappa shape index (κ3) is 8.24. The van der Waals surface area contributed by atoms with E-state index in [1.54, 1.807) is 6.92 Å². The molecule has 6 heteroatoms. The maximum atomic E-state index is 10.9. The first-order valence-corrected chi connectivity index (χ1v) is 5.26. The van der Waals surface area contributed by atoms with Crippen LogP contribution in [0.5, 0.6) is 0 Å². The number of carbonyl (C=O) groups excluding carboxylic acids is 3. The van der Waals surface area contributed by atoms with Gasteiger partial charge >= 0.3 is 17.9 Å². The van der Waals surface area contributed by atoms with Gasteiger partial charge in [0.1, 0.15) is 12.7 Å². The van der Waals surface area contributed by atoms with Crippen molar-refractivity contribution in [1.29, 1.82) is 0 Å². The summed E-state index contributed by atoms with van der Waals surface area (Å²) in [5.74, 6) is -1.59. The molecular weight excluding hydrogens is 228 g/mol. The molecule has 0 aliphatic rings. The van der Waals surface area contributed by atoms with Crippen LogP contribution >= 0.6 is 0 Å². The van der Waals surface area contributed by atoms with E-state index in [-0.39, 0.29) is 19.1 Å². The van der Waals surface area contributed by atoms with E-state index in [0.29, 0.717) is 0 Å². The summed E-state index contributed by atoms with van der Waals surface area (Å²) in [6.07, 6.45) is -0.615. The van der Waals surface area contributed by atoms with Crippen molar-refractivity contribution in [1.82, 2.24) is 0 Å². The van der Waals surface area contributed by atoms with Gasteiger partial charge in [-0.25, -0.2) is 0 Å². The molecule has 0 rings (SSSR count). The molecule has 0 saturated heterocycles. The molecule has 0 aromatic carbocycles. The van der Waals surface area contributed by atoms with Crippen LogP contribution in [0.4, 0.5) is 0 Å². The van der Waals surface area contributed by atoms with Crippen molar-refractivity contribution in [3.05, 3.63) is 0 Å². The van der Waals surface area contributed by atoms with Gasteiger partial charge in [0, 0.05) is 26.7 Å². The van der Waals surface area contributed by atoms with Crippen molar-refractivity contribution in [2.45, 2.75) is 33.8 Å². The van der Waals surface area contributed by atoms with Crippen LogP contribution in [0, 0.1) is 5.92 Å². The monoisotopic (exact) mass is 246 g/mol. The number of ether oxygens (including phenoxy) is 3. The molecule has 0 heterocycles. The SMILES string of the molecule is CC(=O)OC[C@@H](C)[C@H](COC(C)=O)OC(C)=O. The molecule has 0 saturated carbocycles. The lowest BCUT2D eigenvalue weighted by atomic mass is 10.1. The van der Waals surface area contributed by atoms with Crippen LogP contribution < -0.4 is 0 Å². The van der Waals surface area contributed by atoms with E-state index in [2.05, 4.69) is 0 Å². The van der Waals surface area contributed by atoms with Crippen molar-refractivity contribution in [2.24, 2.45) is 5.92 Å². The van der Waals surface area contributed by atoms with Crippen molar-refractivity contribution in [3.63, 3.8) is 0 Å². The maximum absolute atomic E-state index is 10.9. The van der Waals surface area contributed by atoms with Gasteiger partial charge in [0.25, 0.3) is 0 Å². The molecule has 0 fully saturated rings. The average Bonchev–Trinajstić information content (AvgIpc) is 2.19. The fourth-order valence-electron chi connectivity index (χ4n) is 1.08. The summed E-state index contributed by atoms with van der Waals surface area (Å²) in [6.45, 7) is 5.62. The Bertz CT molecular complexity index is 286. The summed E-state index contributed by atoms with van der Waals surface area (Å²) in [4.78, 5) is 32.2. The topological polar surface area (TPSA) is 78.9 Å². The Hall–Kier alpha value is -1.59. The summed E-state index contributed by atoms with van der Waals surface area (Å²) in [5, 5.41) is 0. The molecule has 0 bridgehead atoms. The summed E-state index contributed by atoms with van der Waals surface area (Å²) in [6, 6.07) is 0. The van der Waals surface area contributed by atoms with E-state index in [0.717, 1.165) is 0 Å². The summed E-state index contributed by atoms with van der Waals surface area (Å²) < 4.78 is 14.6. The van der Waals surface area contributed by atoms with Gasteiger partial charge in [-0.1, -0.05) is 6.92 Å². The standard InChI is InChI=1S/C11H18O6/c1-7(5-15-8(2)12)11(17-10(4)14)6-16-9(3)13/h7,11H,5-6H2,1-4H3/t7-,11+/m1/s1. The minimum atomic E-state index is -0.615. The Morgan fingerprint density at radius 1 is 0.882 bits per heavy atom. The minimum Gasteiger partial charge on any atom is -0.465 e. The zero-order valence-electron chi connectivity index (χ0n) is 10.5. The van der Waals surface area contributed by atoms with E-state index in [4.69, 9.17) is 14.2 Å².